The second kappa shape index (κ2) is 2.97. The summed E-state index contributed by atoms with van der Waals surface area (Å²) in [6, 6.07) is 0. The summed E-state index contributed by atoms with van der Waals surface area (Å²) in [6.07, 6.45) is 3.89. The molecule has 0 saturated heterocycles. The number of hydrogen-bond donors (Lipinski definition) is 1. The molecule has 2 N–H and O–H groups in total. The number of Topliss-reactive ketones (excluding diaryl/α,β-unsaturated/α-hetero) is 1. The standard InChI is InChI=1S/C7H13NO/c8-4-3-7(9)5-6-1-2-6/h6H,1-5,8H2. The summed E-state index contributed by atoms with van der Waals surface area (Å²) >= 11 is 0. The summed E-state index contributed by atoms with van der Waals surface area (Å²) in [5.74, 6) is 1.07. The van der Waals surface area contributed by atoms with Crippen LogP contribution in [0.2, 0.25) is 0 Å². The zero-order valence-corrected chi connectivity index (χ0v) is 5.60. The number of hydrogen-bond acceptors (Lipinski definition) is 2. The Labute approximate surface area is 55.4 Å². The van der Waals surface area contributed by atoms with Gasteiger partial charge in [-0.3, -0.25) is 4.79 Å². The van der Waals surface area contributed by atoms with E-state index in [2.05, 4.69) is 0 Å². The van der Waals surface area contributed by atoms with Crippen LogP contribution in [-0.2, 0) is 4.79 Å². The Bertz CT molecular complexity index is 107. The quantitative estimate of drug-likeness (QED) is 0.604. The van der Waals surface area contributed by atoms with Gasteiger partial charge in [0.2, 0.25) is 0 Å². The largest absolute Gasteiger partial charge is 0.330 e. The summed E-state index contributed by atoms with van der Waals surface area (Å²) in [5, 5.41) is 0. The summed E-state index contributed by atoms with van der Waals surface area (Å²) in [6.45, 7) is 0.519. The highest BCUT2D eigenvalue weighted by molar-refractivity contribution is 5.79. The van der Waals surface area contributed by atoms with E-state index in [-0.39, 0.29) is 0 Å². The molecular formula is C7H13NO. The Kier molecular flexibility index (Phi) is 2.22. The van der Waals surface area contributed by atoms with Gasteiger partial charge in [-0.25, -0.2) is 0 Å². The smallest absolute Gasteiger partial charge is 0.134 e. The van der Waals surface area contributed by atoms with E-state index in [0.717, 1.165) is 12.3 Å². The van der Waals surface area contributed by atoms with Crippen molar-refractivity contribution in [1.29, 1.82) is 0 Å². The predicted molar refractivity (Wildman–Crippen MR) is 36.0 cm³/mol. The van der Waals surface area contributed by atoms with E-state index in [4.69, 9.17) is 5.73 Å². The second-order valence-electron chi connectivity index (χ2n) is 2.72. The van der Waals surface area contributed by atoms with Gasteiger partial charge in [-0.2, -0.15) is 0 Å². The van der Waals surface area contributed by atoms with Crippen molar-refractivity contribution in [2.45, 2.75) is 25.7 Å². The van der Waals surface area contributed by atoms with Gasteiger partial charge >= 0.3 is 0 Å². The third-order valence-corrected chi connectivity index (χ3v) is 1.64. The monoisotopic (exact) mass is 127 g/mol. The molecule has 1 aliphatic carbocycles. The summed E-state index contributed by atoms with van der Waals surface area (Å²) in [5.41, 5.74) is 5.20. The van der Waals surface area contributed by atoms with Crippen LogP contribution in [-0.4, -0.2) is 12.3 Å². The average Bonchev–Trinajstić information content (AvgIpc) is 2.50. The number of carbonyl (C=O) groups excluding carboxylic acids is 1. The van der Waals surface area contributed by atoms with Gasteiger partial charge < -0.3 is 5.73 Å². The first-order chi connectivity index (χ1) is 4.33. The normalized spacial score (nSPS) is 17.9. The summed E-state index contributed by atoms with van der Waals surface area (Å²) in [4.78, 5) is 10.8. The number of ketones is 1. The van der Waals surface area contributed by atoms with Crippen LogP contribution in [0.4, 0.5) is 0 Å². The molecule has 1 aliphatic rings. The molecule has 0 amide bonds. The Balaban J connectivity index is 2.02. The lowest BCUT2D eigenvalue weighted by atomic mass is 10.1. The van der Waals surface area contributed by atoms with Crippen molar-refractivity contribution in [2.24, 2.45) is 11.7 Å². The second-order valence-corrected chi connectivity index (χ2v) is 2.72. The van der Waals surface area contributed by atoms with E-state index < -0.39 is 0 Å². The fourth-order valence-electron chi connectivity index (χ4n) is 0.907. The van der Waals surface area contributed by atoms with Crippen LogP contribution in [0, 0.1) is 5.92 Å². The third-order valence-electron chi connectivity index (χ3n) is 1.64. The molecule has 2 nitrogen and oxygen atoms in total. The minimum atomic E-state index is 0.347. The number of carbonyl (C=O) groups is 1. The SMILES string of the molecule is NCCC(=O)CC1CC1. The molecule has 0 atom stereocenters. The molecule has 0 aliphatic heterocycles. The maximum absolute atomic E-state index is 10.8. The Morgan fingerprint density at radius 3 is 2.67 bits per heavy atom. The molecule has 9 heavy (non-hydrogen) atoms. The molecule has 0 spiro atoms. The zero-order valence-electron chi connectivity index (χ0n) is 5.60. The molecule has 0 bridgehead atoms. The van der Waals surface area contributed by atoms with Crippen LogP contribution >= 0.6 is 0 Å². The maximum atomic E-state index is 10.8. The van der Waals surface area contributed by atoms with Crippen LogP contribution in [0.15, 0.2) is 0 Å². The van der Waals surface area contributed by atoms with Crippen LogP contribution in [0.5, 0.6) is 0 Å². The lowest BCUT2D eigenvalue weighted by molar-refractivity contribution is -0.119. The average molecular weight is 127 g/mol. The van der Waals surface area contributed by atoms with Crippen LogP contribution in [0.3, 0.4) is 0 Å². The van der Waals surface area contributed by atoms with E-state index in [1.807, 2.05) is 0 Å². The van der Waals surface area contributed by atoms with Crippen LogP contribution < -0.4 is 5.73 Å². The Morgan fingerprint density at radius 1 is 1.56 bits per heavy atom. The molecule has 0 aromatic carbocycles. The van der Waals surface area contributed by atoms with Gasteiger partial charge in [0.15, 0.2) is 0 Å². The molecule has 0 heterocycles. The maximum Gasteiger partial charge on any atom is 0.134 e. The van der Waals surface area contributed by atoms with Crippen LogP contribution in [0.25, 0.3) is 0 Å². The Hall–Kier alpha value is -0.370. The molecule has 0 aromatic rings. The molecule has 1 saturated carbocycles. The molecular weight excluding hydrogens is 114 g/mol. The van der Waals surface area contributed by atoms with Gasteiger partial charge in [0.25, 0.3) is 0 Å². The van der Waals surface area contributed by atoms with E-state index >= 15 is 0 Å². The van der Waals surface area contributed by atoms with Crippen LogP contribution in [0.1, 0.15) is 25.7 Å². The first-order valence-electron chi connectivity index (χ1n) is 3.54. The highest BCUT2D eigenvalue weighted by atomic mass is 16.1. The van der Waals surface area contributed by atoms with Crippen molar-refractivity contribution in [2.75, 3.05) is 6.54 Å². The first-order valence-corrected chi connectivity index (χ1v) is 3.54. The molecule has 0 aromatic heterocycles. The number of rotatable bonds is 4. The highest BCUT2D eigenvalue weighted by Crippen LogP contribution is 2.32. The molecule has 1 fully saturated rings. The summed E-state index contributed by atoms with van der Waals surface area (Å²) < 4.78 is 0. The molecule has 1 rings (SSSR count). The molecule has 2 heteroatoms. The van der Waals surface area contributed by atoms with E-state index in [1.165, 1.54) is 12.8 Å². The highest BCUT2D eigenvalue weighted by Gasteiger charge is 2.23. The first kappa shape index (κ1) is 6.75. The lowest BCUT2D eigenvalue weighted by Gasteiger charge is -1.93. The molecule has 0 unspecified atom stereocenters. The van der Waals surface area contributed by atoms with Crippen molar-refractivity contribution < 1.29 is 4.79 Å². The Morgan fingerprint density at radius 2 is 2.22 bits per heavy atom. The lowest BCUT2D eigenvalue weighted by Crippen LogP contribution is -2.07. The molecule has 52 valence electrons. The summed E-state index contributed by atoms with van der Waals surface area (Å²) in [7, 11) is 0. The van der Waals surface area contributed by atoms with Gasteiger partial charge in [0.05, 0.1) is 0 Å². The minimum absolute atomic E-state index is 0.347. The van der Waals surface area contributed by atoms with Crippen molar-refractivity contribution in [3.63, 3.8) is 0 Å². The van der Waals surface area contributed by atoms with Gasteiger partial charge in [-0.1, -0.05) is 0 Å². The van der Waals surface area contributed by atoms with Crippen molar-refractivity contribution in [3.05, 3.63) is 0 Å². The van der Waals surface area contributed by atoms with E-state index in [0.29, 0.717) is 18.7 Å². The fourth-order valence-corrected chi connectivity index (χ4v) is 0.907. The molecule has 0 radical (unpaired) electrons. The fraction of sp³-hybridized carbons (Fsp3) is 0.857. The van der Waals surface area contributed by atoms with Gasteiger partial charge in [-0.15, -0.1) is 0 Å². The predicted octanol–water partition coefficient (Wildman–Crippen LogP) is 0.704. The van der Waals surface area contributed by atoms with E-state index in [9.17, 15) is 4.79 Å². The van der Waals surface area contributed by atoms with Gasteiger partial charge in [0, 0.05) is 12.8 Å². The zero-order chi connectivity index (χ0) is 6.69. The van der Waals surface area contributed by atoms with Crippen molar-refractivity contribution in [1.82, 2.24) is 0 Å². The van der Waals surface area contributed by atoms with Gasteiger partial charge in [0.1, 0.15) is 5.78 Å². The van der Waals surface area contributed by atoms with Crippen molar-refractivity contribution in [3.8, 4) is 0 Å². The van der Waals surface area contributed by atoms with E-state index in [1.54, 1.807) is 0 Å². The topological polar surface area (TPSA) is 43.1 Å². The number of nitrogens with two attached hydrogens (primary N) is 1. The van der Waals surface area contributed by atoms with Crippen molar-refractivity contribution >= 4 is 5.78 Å². The van der Waals surface area contributed by atoms with Gasteiger partial charge in [-0.05, 0) is 25.3 Å². The third kappa shape index (κ3) is 2.61. The minimum Gasteiger partial charge on any atom is -0.330 e.